The number of carbonyl (C=O) groups excluding carboxylic acids is 2. The van der Waals surface area contributed by atoms with Crippen molar-refractivity contribution < 1.29 is 9.59 Å². The number of anilines is 2. The molecule has 25 heavy (non-hydrogen) atoms. The summed E-state index contributed by atoms with van der Waals surface area (Å²) in [7, 11) is 1.51. The van der Waals surface area contributed by atoms with Crippen molar-refractivity contribution in [3.05, 3.63) is 11.8 Å². The Morgan fingerprint density at radius 2 is 1.96 bits per heavy atom. The van der Waals surface area contributed by atoms with Gasteiger partial charge < -0.3 is 15.5 Å². The van der Waals surface area contributed by atoms with Gasteiger partial charge in [-0.3, -0.25) is 14.6 Å². The molecule has 2 aliphatic heterocycles. The Hall–Kier alpha value is -2.42. The molecule has 1 unspecified atom stereocenters. The topological polar surface area (TPSA) is 93.7 Å². The van der Waals surface area contributed by atoms with Crippen molar-refractivity contribution >= 4 is 23.7 Å². The van der Waals surface area contributed by atoms with E-state index in [9.17, 15) is 9.59 Å². The predicted octanol–water partition coefficient (Wildman–Crippen LogP) is 0.237. The minimum Gasteiger partial charge on any atom is -0.354 e. The fourth-order valence-electron chi connectivity index (χ4n) is 3.14. The molecule has 2 N–H and O–H groups in total. The summed E-state index contributed by atoms with van der Waals surface area (Å²) in [5.41, 5.74) is 0.927. The Balaban J connectivity index is 1.62. The van der Waals surface area contributed by atoms with E-state index < -0.39 is 0 Å². The van der Waals surface area contributed by atoms with Gasteiger partial charge >= 0.3 is 6.03 Å². The highest BCUT2D eigenvalue weighted by molar-refractivity contribution is 5.96. The standard InChI is InChI=1S/C16H25N7O2/c1-4-17-15-18-11(2)9-12(19-15)22-5-7-23(8-6-22)13-10-14(24)21(3)16(25)20-13/h9,13H,4-8,10H2,1-3H3,(H,20,25)(H,17,18,19). The molecule has 0 aromatic carbocycles. The first-order valence-corrected chi connectivity index (χ1v) is 8.63. The lowest BCUT2D eigenvalue weighted by Crippen LogP contribution is -2.62. The zero-order valence-corrected chi connectivity index (χ0v) is 14.9. The highest BCUT2D eigenvalue weighted by atomic mass is 16.2. The fraction of sp³-hybridized carbons (Fsp3) is 0.625. The SMILES string of the molecule is CCNc1nc(C)cc(N2CCN(C3CC(=O)N(C)C(=O)N3)CC2)n1. The van der Waals surface area contributed by atoms with Crippen LogP contribution < -0.4 is 15.5 Å². The van der Waals surface area contributed by atoms with Crippen LogP contribution in [0.5, 0.6) is 0 Å². The number of imide groups is 1. The van der Waals surface area contributed by atoms with Gasteiger partial charge in [0.05, 0.1) is 12.6 Å². The molecule has 1 aromatic rings. The second kappa shape index (κ2) is 7.22. The molecule has 136 valence electrons. The third-order valence-electron chi connectivity index (χ3n) is 4.59. The number of nitrogens with one attached hydrogen (secondary N) is 2. The summed E-state index contributed by atoms with van der Waals surface area (Å²) in [5.74, 6) is 1.41. The number of aryl methyl sites for hydroxylation is 1. The van der Waals surface area contributed by atoms with E-state index in [2.05, 4.69) is 30.4 Å². The van der Waals surface area contributed by atoms with E-state index in [4.69, 9.17) is 0 Å². The molecule has 0 radical (unpaired) electrons. The van der Waals surface area contributed by atoms with Gasteiger partial charge in [-0.05, 0) is 13.8 Å². The summed E-state index contributed by atoms with van der Waals surface area (Å²) in [6.45, 7) is 7.86. The maximum absolute atomic E-state index is 11.9. The van der Waals surface area contributed by atoms with Crippen molar-refractivity contribution in [2.24, 2.45) is 0 Å². The Morgan fingerprint density at radius 3 is 2.60 bits per heavy atom. The first-order chi connectivity index (χ1) is 12.0. The summed E-state index contributed by atoms with van der Waals surface area (Å²) in [6, 6.07) is 1.66. The van der Waals surface area contributed by atoms with Crippen LogP contribution in [0.15, 0.2) is 6.07 Å². The Kier molecular flexibility index (Phi) is 5.03. The molecule has 3 heterocycles. The summed E-state index contributed by atoms with van der Waals surface area (Å²) in [5, 5.41) is 6.05. The van der Waals surface area contributed by atoms with Crippen LogP contribution in [0.1, 0.15) is 19.0 Å². The van der Waals surface area contributed by atoms with Gasteiger partial charge in [0.2, 0.25) is 11.9 Å². The van der Waals surface area contributed by atoms with E-state index in [1.807, 2.05) is 19.9 Å². The minimum atomic E-state index is -0.328. The zero-order chi connectivity index (χ0) is 18.0. The normalized spacial score (nSPS) is 22.1. The van der Waals surface area contributed by atoms with Crippen LogP contribution >= 0.6 is 0 Å². The lowest BCUT2D eigenvalue weighted by molar-refractivity contribution is -0.130. The maximum Gasteiger partial charge on any atom is 0.325 e. The third kappa shape index (κ3) is 3.81. The number of carbonyl (C=O) groups is 2. The van der Waals surface area contributed by atoms with Crippen LogP contribution in [-0.2, 0) is 4.79 Å². The summed E-state index contributed by atoms with van der Waals surface area (Å²) in [6.07, 6.45) is 0.0992. The highest BCUT2D eigenvalue weighted by Gasteiger charge is 2.34. The third-order valence-corrected chi connectivity index (χ3v) is 4.59. The second-order valence-electron chi connectivity index (χ2n) is 6.37. The van der Waals surface area contributed by atoms with E-state index in [0.29, 0.717) is 12.4 Å². The van der Waals surface area contributed by atoms with E-state index in [-0.39, 0.29) is 18.1 Å². The molecule has 0 spiro atoms. The largest absolute Gasteiger partial charge is 0.354 e. The number of nitrogens with zero attached hydrogens (tertiary/aromatic N) is 5. The van der Waals surface area contributed by atoms with Crippen LogP contribution in [0.2, 0.25) is 0 Å². The Bertz CT molecular complexity index is 640. The molecule has 3 amide bonds. The molecule has 1 atom stereocenters. The molecule has 9 nitrogen and oxygen atoms in total. The van der Waals surface area contributed by atoms with Crippen molar-refractivity contribution in [2.75, 3.05) is 50.0 Å². The average molecular weight is 347 g/mol. The van der Waals surface area contributed by atoms with Gasteiger partial charge in [0.15, 0.2) is 0 Å². The van der Waals surface area contributed by atoms with E-state index in [1.165, 1.54) is 7.05 Å². The molecule has 0 bridgehead atoms. The fourth-order valence-corrected chi connectivity index (χ4v) is 3.14. The average Bonchev–Trinajstić information content (AvgIpc) is 2.59. The van der Waals surface area contributed by atoms with Gasteiger partial charge in [-0.2, -0.15) is 4.98 Å². The van der Waals surface area contributed by atoms with Crippen LogP contribution in [0.4, 0.5) is 16.6 Å². The smallest absolute Gasteiger partial charge is 0.325 e. The van der Waals surface area contributed by atoms with Crippen LogP contribution in [0, 0.1) is 6.92 Å². The van der Waals surface area contributed by atoms with E-state index in [1.54, 1.807) is 0 Å². The van der Waals surface area contributed by atoms with E-state index >= 15 is 0 Å². The molecule has 2 saturated heterocycles. The highest BCUT2D eigenvalue weighted by Crippen LogP contribution is 2.19. The molecular formula is C16H25N7O2. The molecular weight excluding hydrogens is 322 g/mol. The Labute approximate surface area is 147 Å². The van der Waals surface area contributed by atoms with Gasteiger partial charge in [-0.1, -0.05) is 0 Å². The molecule has 1 aromatic heterocycles. The number of hydrogen-bond donors (Lipinski definition) is 2. The minimum absolute atomic E-state index is 0.141. The quantitative estimate of drug-likeness (QED) is 0.805. The van der Waals surface area contributed by atoms with Crippen LogP contribution in [-0.4, -0.2) is 77.6 Å². The first kappa shape index (κ1) is 17.4. The van der Waals surface area contributed by atoms with E-state index in [0.717, 1.165) is 49.1 Å². The van der Waals surface area contributed by atoms with Gasteiger partial charge in [-0.15, -0.1) is 0 Å². The number of piperazine rings is 1. The predicted molar refractivity (Wildman–Crippen MR) is 94.4 cm³/mol. The van der Waals surface area contributed by atoms with Gasteiger partial charge in [-0.25, -0.2) is 9.78 Å². The van der Waals surface area contributed by atoms with Crippen LogP contribution in [0.3, 0.4) is 0 Å². The first-order valence-electron chi connectivity index (χ1n) is 8.63. The monoisotopic (exact) mass is 347 g/mol. The lowest BCUT2D eigenvalue weighted by atomic mass is 10.2. The molecule has 3 rings (SSSR count). The van der Waals surface area contributed by atoms with Crippen LogP contribution in [0.25, 0.3) is 0 Å². The number of hydrogen-bond acceptors (Lipinski definition) is 7. The second-order valence-corrected chi connectivity index (χ2v) is 6.37. The number of aromatic nitrogens is 2. The van der Waals surface area contributed by atoms with Gasteiger partial charge in [0.1, 0.15) is 5.82 Å². The lowest BCUT2D eigenvalue weighted by Gasteiger charge is -2.42. The van der Waals surface area contributed by atoms with Gasteiger partial charge in [0.25, 0.3) is 0 Å². The summed E-state index contributed by atoms with van der Waals surface area (Å²) in [4.78, 5) is 38.2. The molecule has 2 fully saturated rings. The molecule has 0 saturated carbocycles. The van der Waals surface area contributed by atoms with Crippen molar-refractivity contribution in [1.29, 1.82) is 0 Å². The van der Waals surface area contributed by atoms with Crippen molar-refractivity contribution in [1.82, 2.24) is 25.1 Å². The molecule has 9 heteroatoms. The number of amides is 3. The zero-order valence-electron chi connectivity index (χ0n) is 14.9. The molecule has 0 aliphatic carbocycles. The summed E-state index contributed by atoms with van der Waals surface area (Å²) >= 11 is 0. The van der Waals surface area contributed by atoms with Gasteiger partial charge in [0, 0.05) is 51.5 Å². The van der Waals surface area contributed by atoms with Crippen molar-refractivity contribution in [3.63, 3.8) is 0 Å². The Morgan fingerprint density at radius 1 is 1.24 bits per heavy atom. The molecule has 2 aliphatic rings. The number of urea groups is 1. The number of rotatable bonds is 4. The maximum atomic E-state index is 11.9. The summed E-state index contributed by atoms with van der Waals surface area (Å²) < 4.78 is 0. The van der Waals surface area contributed by atoms with Crippen molar-refractivity contribution in [3.8, 4) is 0 Å². The van der Waals surface area contributed by atoms with Crippen molar-refractivity contribution in [2.45, 2.75) is 26.4 Å².